The Morgan fingerprint density at radius 3 is 2.68 bits per heavy atom. The van der Waals surface area contributed by atoms with Crippen LogP contribution in [0.25, 0.3) is 21.9 Å². The van der Waals surface area contributed by atoms with Gasteiger partial charge in [0.05, 0.1) is 29.3 Å². The Morgan fingerprint density at radius 1 is 1.12 bits per heavy atom. The quantitative estimate of drug-likeness (QED) is 0.222. The molecule has 2 aromatic carbocycles. The fourth-order valence-electron chi connectivity index (χ4n) is 3.60. The summed E-state index contributed by atoms with van der Waals surface area (Å²) >= 11 is 1.48. The van der Waals surface area contributed by atoms with Crippen LogP contribution in [0.2, 0.25) is 0 Å². The van der Waals surface area contributed by atoms with Gasteiger partial charge in [-0.25, -0.2) is 14.8 Å². The molecule has 0 bridgehead atoms. The van der Waals surface area contributed by atoms with Crippen molar-refractivity contribution in [2.75, 3.05) is 16.4 Å². The first kappa shape index (κ1) is 21.2. The minimum absolute atomic E-state index is 0.231. The first-order valence-electron chi connectivity index (χ1n) is 10.4. The van der Waals surface area contributed by atoms with Gasteiger partial charge in [-0.3, -0.25) is 4.79 Å². The van der Waals surface area contributed by atoms with Crippen LogP contribution in [-0.2, 0) is 0 Å². The summed E-state index contributed by atoms with van der Waals surface area (Å²) in [7, 11) is 0. The van der Waals surface area contributed by atoms with Crippen LogP contribution in [0.5, 0.6) is 0 Å². The Labute approximate surface area is 199 Å². The van der Waals surface area contributed by atoms with Gasteiger partial charge in [0.25, 0.3) is 5.91 Å². The average molecular weight is 466 g/mol. The average Bonchev–Trinajstić information content (AvgIpc) is 3.43. The van der Waals surface area contributed by atoms with Gasteiger partial charge in [-0.1, -0.05) is 12.1 Å². The normalized spacial score (nSPS) is 10.7. The molecule has 0 atom stereocenters. The minimum atomic E-state index is -0.231. The monoisotopic (exact) mass is 465 g/mol. The van der Waals surface area contributed by atoms with Gasteiger partial charge in [0, 0.05) is 22.8 Å². The highest BCUT2D eigenvalue weighted by molar-refractivity contribution is 7.14. The molecule has 166 valence electrons. The number of pyridine rings is 1. The Hall–Kier alpha value is -4.68. The molecular weight excluding hydrogens is 446 g/mol. The SMILES string of the molecule is [C-]#[N+]c1ccn2c(-c3csc(Nc4ccc(C(=O)Nc5ccccc5N)cc4)n3)c(C)nc2c1. The van der Waals surface area contributed by atoms with E-state index in [0.717, 1.165) is 33.5 Å². The number of hydrogen-bond acceptors (Lipinski definition) is 6. The number of para-hydroxylation sites is 2. The molecule has 4 N–H and O–H groups in total. The van der Waals surface area contributed by atoms with E-state index < -0.39 is 0 Å². The summed E-state index contributed by atoms with van der Waals surface area (Å²) in [5.41, 5.74) is 12.1. The van der Waals surface area contributed by atoms with E-state index in [0.29, 0.717) is 22.6 Å². The standard InChI is InChI=1S/C25H19N7OS/c1-15-23(32-12-11-18(27-2)13-22(32)28-15)21-14-34-25(31-21)29-17-9-7-16(8-10-17)24(33)30-20-6-4-3-5-19(20)26/h3-14H,26H2,1H3,(H,29,31)(H,30,33). The van der Waals surface area contributed by atoms with Crippen LogP contribution in [0.1, 0.15) is 16.1 Å². The van der Waals surface area contributed by atoms with Crippen LogP contribution in [0, 0.1) is 13.5 Å². The lowest BCUT2D eigenvalue weighted by molar-refractivity contribution is 0.102. The van der Waals surface area contributed by atoms with Gasteiger partial charge < -0.3 is 20.8 Å². The van der Waals surface area contributed by atoms with Gasteiger partial charge >= 0.3 is 0 Å². The van der Waals surface area contributed by atoms with E-state index in [1.54, 1.807) is 36.4 Å². The zero-order valence-corrected chi connectivity index (χ0v) is 18.9. The van der Waals surface area contributed by atoms with E-state index in [1.807, 2.05) is 47.2 Å². The summed E-state index contributed by atoms with van der Waals surface area (Å²) in [5.74, 6) is -0.231. The molecule has 5 aromatic rings. The predicted octanol–water partition coefficient (Wildman–Crippen LogP) is 5.90. The van der Waals surface area contributed by atoms with Gasteiger partial charge in [-0.15, -0.1) is 11.3 Å². The number of imidazole rings is 1. The van der Waals surface area contributed by atoms with E-state index in [1.165, 1.54) is 11.3 Å². The number of hydrogen-bond donors (Lipinski definition) is 3. The van der Waals surface area contributed by atoms with Gasteiger partial charge in [0.2, 0.25) is 0 Å². The van der Waals surface area contributed by atoms with Crippen molar-refractivity contribution in [3.63, 3.8) is 0 Å². The molecule has 0 saturated carbocycles. The number of thiazole rings is 1. The summed E-state index contributed by atoms with van der Waals surface area (Å²) in [6.45, 7) is 9.12. The van der Waals surface area contributed by atoms with Crippen molar-refractivity contribution >= 4 is 50.8 Å². The fourth-order valence-corrected chi connectivity index (χ4v) is 4.32. The molecule has 9 heteroatoms. The van der Waals surface area contributed by atoms with Crippen molar-refractivity contribution in [2.45, 2.75) is 6.92 Å². The summed E-state index contributed by atoms with van der Waals surface area (Å²) < 4.78 is 1.94. The predicted molar refractivity (Wildman–Crippen MR) is 136 cm³/mol. The number of fused-ring (bicyclic) bond motifs is 1. The van der Waals surface area contributed by atoms with Gasteiger partial charge in [-0.2, -0.15) is 0 Å². The molecule has 5 rings (SSSR count). The summed E-state index contributed by atoms with van der Waals surface area (Å²) in [5, 5.41) is 8.79. The number of aromatic nitrogens is 3. The molecule has 0 aliphatic rings. The van der Waals surface area contributed by atoms with Gasteiger partial charge in [0.1, 0.15) is 11.3 Å². The van der Waals surface area contributed by atoms with Crippen molar-refractivity contribution in [3.05, 3.63) is 94.9 Å². The summed E-state index contributed by atoms with van der Waals surface area (Å²) in [6, 6.07) is 17.8. The maximum atomic E-state index is 12.5. The second-order valence-electron chi connectivity index (χ2n) is 7.55. The first-order chi connectivity index (χ1) is 16.5. The van der Waals surface area contributed by atoms with E-state index in [-0.39, 0.29) is 5.91 Å². The third-order valence-electron chi connectivity index (χ3n) is 5.27. The highest BCUT2D eigenvalue weighted by Crippen LogP contribution is 2.31. The summed E-state index contributed by atoms with van der Waals surface area (Å²) in [4.78, 5) is 25.3. The number of rotatable bonds is 5. The number of carbonyl (C=O) groups excluding carboxylic acids is 1. The number of benzene rings is 2. The van der Waals surface area contributed by atoms with E-state index in [4.69, 9.17) is 17.3 Å². The number of nitrogen functional groups attached to an aromatic ring is 1. The lowest BCUT2D eigenvalue weighted by atomic mass is 10.2. The third-order valence-corrected chi connectivity index (χ3v) is 6.03. The van der Waals surface area contributed by atoms with Crippen LogP contribution in [0.15, 0.2) is 72.2 Å². The number of nitrogens with zero attached hydrogens (tertiary/aromatic N) is 4. The molecule has 8 nitrogen and oxygen atoms in total. The number of aryl methyl sites for hydroxylation is 1. The van der Waals surface area contributed by atoms with Crippen LogP contribution >= 0.6 is 11.3 Å². The molecule has 3 heterocycles. The molecule has 3 aromatic heterocycles. The molecule has 0 aliphatic heterocycles. The highest BCUT2D eigenvalue weighted by Gasteiger charge is 2.15. The molecule has 1 amide bonds. The first-order valence-corrected chi connectivity index (χ1v) is 11.2. The fraction of sp³-hybridized carbons (Fsp3) is 0.0400. The lowest BCUT2D eigenvalue weighted by Gasteiger charge is -2.08. The maximum Gasteiger partial charge on any atom is 0.255 e. The zero-order chi connectivity index (χ0) is 23.7. The molecule has 0 unspecified atom stereocenters. The maximum absolute atomic E-state index is 12.5. The number of anilines is 4. The second kappa shape index (κ2) is 8.69. The van der Waals surface area contributed by atoms with E-state index in [2.05, 4.69) is 20.5 Å². The third kappa shape index (κ3) is 4.05. The Balaban J connectivity index is 1.32. The molecule has 0 spiro atoms. The number of amides is 1. The Kier molecular flexibility index (Phi) is 5.41. The van der Waals surface area contributed by atoms with Crippen molar-refractivity contribution in [1.82, 2.24) is 14.4 Å². The van der Waals surface area contributed by atoms with Crippen molar-refractivity contribution in [1.29, 1.82) is 0 Å². The smallest absolute Gasteiger partial charge is 0.255 e. The molecule has 0 saturated heterocycles. The van der Waals surface area contributed by atoms with Crippen molar-refractivity contribution in [2.24, 2.45) is 0 Å². The van der Waals surface area contributed by atoms with Crippen LogP contribution in [-0.4, -0.2) is 20.3 Å². The van der Waals surface area contributed by atoms with Crippen LogP contribution in [0.3, 0.4) is 0 Å². The zero-order valence-electron chi connectivity index (χ0n) is 18.1. The molecular formula is C25H19N7OS. The van der Waals surface area contributed by atoms with E-state index >= 15 is 0 Å². The van der Waals surface area contributed by atoms with Gasteiger partial charge in [-0.05, 0) is 55.5 Å². The topological polar surface area (TPSA) is 102 Å². The van der Waals surface area contributed by atoms with E-state index in [9.17, 15) is 4.79 Å². The van der Waals surface area contributed by atoms with Crippen LogP contribution < -0.4 is 16.4 Å². The molecule has 34 heavy (non-hydrogen) atoms. The Morgan fingerprint density at radius 2 is 1.91 bits per heavy atom. The van der Waals surface area contributed by atoms with Crippen molar-refractivity contribution in [3.8, 4) is 11.4 Å². The largest absolute Gasteiger partial charge is 0.397 e. The molecule has 0 fully saturated rings. The summed E-state index contributed by atoms with van der Waals surface area (Å²) in [6.07, 6.45) is 1.84. The van der Waals surface area contributed by atoms with Gasteiger partial charge in [0.15, 0.2) is 10.8 Å². The molecule has 0 radical (unpaired) electrons. The lowest BCUT2D eigenvalue weighted by Crippen LogP contribution is -2.13. The van der Waals surface area contributed by atoms with Crippen LogP contribution in [0.4, 0.5) is 27.9 Å². The minimum Gasteiger partial charge on any atom is -0.397 e. The number of nitrogens with two attached hydrogens (primary N) is 1. The highest BCUT2D eigenvalue weighted by atomic mass is 32.1. The Bertz CT molecular complexity index is 1560. The van der Waals surface area contributed by atoms with Crippen molar-refractivity contribution < 1.29 is 4.79 Å². The number of nitrogens with one attached hydrogen (secondary N) is 2. The second-order valence-corrected chi connectivity index (χ2v) is 8.41. The molecule has 0 aliphatic carbocycles. The number of carbonyl (C=O) groups is 1.